The summed E-state index contributed by atoms with van der Waals surface area (Å²) in [6.45, 7) is 5.08. The topological polar surface area (TPSA) is 37.8 Å². The molecule has 0 bridgehead atoms. The van der Waals surface area contributed by atoms with Crippen LogP contribution in [0.15, 0.2) is 18.5 Å². The normalized spacial score (nSPS) is 10.7. The van der Waals surface area contributed by atoms with Crippen molar-refractivity contribution in [1.29, 1.82) is 0 Å². The van der Waals surface area contributed by atoms with Gasteiger partial charge in [-0.3, -0.25) is 0 Å². The van der Waals surface area contributed by atoms with Crippen LogP contribution < -0.4 is 5.32 Å². The van der Waals surface area contributed by atoms with Gasteiger partial charge in [-0.15, -0.1) is 11.3 Å². The fourth-order valence-electron chi connectivity index (χ4n) is 1.89. The highest BCUT2D eigenvalue weighted by Gasteiger charge is 2.09. The van der Waals surface area contributed by atoms with Crippen LogP contribution in [-0.2, 0) is 19.4 Å². The van der Waals surface area contributed by atoms with E-state index in [2.05, 4.69) is 41.3 Å². The summed E-state index contributed by atoms with van der Waals surface area (Å²) in [6, 6.07) is 4.35. The van der Waals surface area contributed by atoms with Gasteiger partial charge in [0.2, 0.25) is 0 Å². The summed E-state index contributed by atoms with van der Waals surface area (Å²) in [6.07, 6.45) is 4.52. The maximum absolute atomic E-state index is 6.13. The number of rotatable bonds is 6. The molecule has 2 aromatic rings. The number of aromatic nitrogens is 2. The van der Waals surface area contributed by atoms with Crippen molar-refractivity contribution in [3.63, 3.8) is 0 Å². The molecule has 0 spiro atoms. The Kier molecular flexibility index (Phi) is 5.16. The summed E-state index contributed by atoms with van der Waals surface area (Å²) < 4.78 is 0. The van der Waals surface area contributed by atoms with Gasteiger partial charge in [-0.1, -0.05) is 31.9 Å². The van der Waals surface area contributed by atoms with Gasteiger partial charge in [0.05, 0.1) is 6.54 Å². The zero-order chi connectivity index (χ0) is 13.7. The fraction of sp³-hybridized carbons (Fsp3) is 0.429. The summed E-state index contributed by atoms with van der Waals surface area (Å²) in [5, 5.41) is 3.92. The smallest absolute Gasteiger partial charge is 0.137 e. The van der Waals surface area contributed by atoms with E-state index in [4.69, 9.17) is 11.6 Å². The van der Waals surface area contributed by atoms with Gasteiger partial charge in [0, 0.05) is 15.3 Å². The number of anilines is 1. The Labute approximate surface area is 123 Å². The largest absolute Gasteiger partial charge is 0.365 e. The van der Waals surface area contributed by atoms with Crippen molar-refractivity contribution >= 4 is 28.8 Å². The van der Waals surface area contributed by atoms with Crippen LogP contribution in [0.5, 0.6) is 0 Å². The molecule has 0 aromatic carbocycles. The fourth-order valence-corrected chi connectivity index (χ4v) is 3.02. The third kappa shape index (κ3) is 3.67. The van der Waals surface area contributed by atoms with Crippen LogP contribution >= 0.6 is 22.9 Å². The van der Waals surface area contributed by atoms with Gasteiger partial charge in [-0.25, -0.2) is 9.97 Å². The van der Waals surface area contributed by atoms with Crippen molar-refractivity contribution in [3.05, 3.63) is 38.9 Å². The van der Waals surface area contributed by atoms with Gasteiger partial charge in [0.25, 0.3) is 0 Å². The third-order valence-corrected chi connectivity index (χ3v) is 4.44. The Morgan fingerprint density at radius 2 is 2.00 bits per heavy atom. The average Bonchev–Trinajstić information content (AvgIpc) is 2.87. The van der Waals surface area contributed by atoms with Crippen molar-refractivity contribution < 1.29 is 0 Å². The molecule has 0 fully saturated rings. The molecule has 19 heavy (non-hydrogen) atoms. The second-order valence-corrected chi connectivity index (χ2v) is 5.93. The van der Waals surface area contributed by atoms with Crippen molar-refractivity contribution in [1.82, 2.24) is 9.97 Å². The quantitative estimate of drug-likeness (QED) is 0.807. The summed E-state index contributed by atoms with van der Waals surface area (Å²) in [7, 11) is 0. The Morgan fingerprint density at radius 3 is 2.68 bits per heavy atom. The Hall–Kier alpha value is -1.13. The lowest BCUT2D eigenvalue weighted by Gasteiger charge is -2.10. The SMILES string of the molecule is CCCc1c(Cl)ncnc1NCc1ccc(CC)s1. The zero-order valence-electron chi connectivity index (χ0n) is 11.2. The van der Waals surface area contributed by atoms with Crippen molar-refractivity contribution in [2.24, 2.45) is 0 Å². The molecule has 102 valence electrons. The van der Waals surface area contributed by atoms with E-state index in [1.165, 1.54) is 16.1 Å². The molecule has 0 saturated carbocycles. The minimum Gasteiger partial charge on any atom is -0.365 e. The molecule has 0 aliphatic heterocycles. The molecule has 0 aliphatic carbocycles. The van der Waals surface area contributed by atoms with Gasteiger partial charge in [-0.05, 0) is 25.0 Å². The predicted octanol–water partition coefficient (Wildman–Crippen LogP) is 4.32. The van der Waals surface area contributed by atoms with Gasteiger partial charge >= 0.3 is 0 Å². The molecule has 0 amide bonds. The third-order valence-electron chi connectivity index (χ3n) is 2.89. The zero-order valence-corrected chi connectivity index (χ0v) is 12.8. The van der Waals surface area contributed by atoms with E-state index in [0.717, 1.165) is 37.2 Å². The Morgan fingerprint density at radius 1 is 1.21 bits per heavy atom. The molecule has 2 aromatic heterocycles. The molecule has 0 radical (unpaired) electrons. The second kappa shape index (κ2) is 6.87. The molecule has 5 heteroatoms. The van der Waals surface area contributed by atoms with Crippen LogP contribution in [0.25, 0.3) is 0 Å². The molecule has 0 atom stereocenters. The molecule has 2 heterocycles. The lowest BCUT2D eigenvalue weighted by molar-refractivity contribution is 0.898. The van der Waals surface area contributed by atoms with E-state index >= 15 is 0 Å². The predicted molar refractivity (Wildman–Crippen MR) is 82.1 cm³/mol. The van der Waals surface area contributed by atoms with Crippen LogP contribution in [0, 0.1) is 0 Å². The molecular weight excluding hydrogens is 278 g/mol. The van der Waals surface area contributed by atoms with Crippen LogP contribution in [0.4, 0.5) is 5.82 Å². The van der Waals surface area contributed by atoms with Crippen molar-refractivity contribution in [2.45, 2.75) is 39.7 Å². The second-order valence-electron chi connectivity index (χ2n) is 4.32. The maximum Gasteiger partial charge on any atom is 0.137 e. The van der Waals surface area contributed by atoms with Crippen LogP contribution in [-0.4, -0.2) is 9.97 Å². The van der Waals surface area contributed by atoms with Gasteiger partial charge in [0.15, 0.2) is 0 Å². The standard InChI is InChI=1S/C14H18ClN3S/c1-3-5-12-13(15)17-9-18-14(12)16-8-11-7-6-10(4-2)19-11/h6-7,9H,3-5,8H2,1-2H3,(H,16,17,18). The first-order chi connectivity index (χ1) is 9.24. The Balaban J connectivity index is 2.08. The highest BCUT2D eigenvalue weighted by Crippen LogP contribution is 2.23. The van der Waals surface area contributed by atoms with E-state index in [-0.39, 0.29) is 0 Å². The van der Waals surface area contributed by atoms with Crippen LogP contribution in [0.3, 0.4) is 0 Å². The summed E-state index contributed by atoms with van der Waals surface area (Å²) >= 11 is 7.96. The monoisotopic (exact) mass is 295 g/mol. The molecule has 3 nitrogen and oxygen atoms in total. The van der Waals surface area contributed by atoms with Crippen molar-refractivity contribution in [2.75, 3.05) is 5.32 Å². The molecule has 0 aliphatic rings. The first-order valence-corrected chi connectivity index (χ1v) is 7.74. The number of thiophene rings is 1. The minimum absolute atomic E-state index is 0.555. The van der Waals surface area contributed by atoms with Gasteiger partial charge in [-0.2, -0.15) is 0 Å². The number of aryl methyl sites for hydroxylation is 1. The lowest BCUT2D eigenvalue weighted by atomic mass is 10.2. The minimum atomic E-state index is 0.555. The number of hydrogen-bond acceptors (Lipinski definition) is 4. The first-order valence-electron chi connectivity index (χ1n) is 6.55. The van der Waals surface area contributed by atoms with E-state index in [1.54, 1.807) is 0 Å². The van der Waals surface area contributed by atoms with E-state index in [0.29, 0.717) is 5.15 Å². The number of nitrogens with zero attached hydrogens (tertiary/aromatic N) is 2. The van der Waals surface area contributed by atoms with Crippen molar-refractivity contribution in [3.8, 4) is 0 Å². The lowest BCUT2D eigenvalue weighted by Crippen LogP contribution is -2.05. The Bertz CT molecular complexity index is 539. The van der Waals surface area contributed by atoms with E-state index in [9.17, 15) is 0 Å². The number of nitrogens with one attached hydrogen (secondary N) is 1. The van der Waals surface area contributed by atoms with Crippen LogP contribution in [0.1, 0.15) is 35.6 Å². The first kappa shape index (κ1) is 14.3. The van der Waals surface area contributed by atoms with E-state index in [1.807, 2.05) is 11.3 Å². The molecule has 2 rings (SSSR count). The van der Waals surface area contributed by atoms with Gasteiger partial charge in [0.1, 0.15) is 17.3 Å². The summed E-state index contributed by atoms with van der Waals surface area (Å²) in [5.74, 6) is 0.855. The number of hydrogen-bond donors (Lipinski definition) is 1. The molecule has 0 unspecified atom stereocenters. The number of halogens is 1. The van der Waals surface area contributed by atoms with Gasteiger partial charge < -0.3 is 5.32 Å². The summed E-state index contributed by atoms with van der Waals surface area (Å²) in [5.41, 5.74) is 1.01. The highest BCUT2D eigenvalue weighted by molar-refractivity contribution is 7.12. The van der Waals surface area contributed by atoms with E-state index < -0.39 is 0 Å². The summed E-state index contributed by atoms with van der Waals surface area (Å²) in [4.78, 5) is 11.1. The maximum atomic E-state index is 6.13. The average molecular weight is 296 g/mol. The molecule has 1 N–H and O–H groups in total. The molecule has 0 saturated heterocycles. The van der Waals surface area contributed by atoms with Crippen LogP contribution in [0.2, 0.25) is 5.15 Å². The highest BCUT2D eigenvalue weighted by atomic mass is 35.5. The molecular formula is C14H18ClN3S.